The number of likely N-dealkylation sites (tertiary alicyclic amines) is 1. The molecule has 0 radical (unpaired) electrons. The minimum absolute atomic E-state index is 0.138. The fraction of sp³-hybridized carbons (Fsp3) is 0.895. The Balaban J connectivity index is 1.29. The Hall–Kier alpha value is -1.18. The molecule has 0 spiro atoms. The van der Waals surface area contributed by atoms with Gasteiger partial charge in [0.1, 0.15) is 0 Å². The molecular formula is C19H32N4O3. The van der Waals surface area contributed by atoms with Crippen LogP contribution >= 0.6 is 0 Å². The molecule has 2 bridgehead atoms. The quantitative estimate of drug-likeness (QED) is 0.672. The van der Waals surface area contributed by atoms with E-state index in [4.69, 9.17) is 4.74 Å². The van der Waals surface area contributed by atoms with E-state index in [1.54, 1.807) is 0 Å². The lowest BCUT2D eigenvalue weighted by Crippen LogP contribution is -2.58. The average Bonchev–Trinajstić information content (AvgIpc) is 3.07. The van der Waals surface area contributed by atoms with Gasteiger partial charge >= 0.3 is 0 Å². The second-order valence-electron chi connectivity index (χ2n) is 8.35. The standard InChI is InChI=1S/C19H32N4O3/c1-20(17-14-22-4-2-15(17)3-5-22)19(25)16-12-18(24)23(13-16)7-6-21-8-10-26-11-9-21/h15-17H,2-14H2,1H3. The van der Waals surface area contributed by atoms with Crippen molar-refractivity contribution in [3.05, 3.63) is 0 Å². The molecule has 5 aliphatic heterocycles. The normalized spacial score (nSPS) is 35.1. The van der Waals surface area contributed by atoms with E-state index in [1.165, 1.54) is 25.9 Å². The first-order chi connectivity index (χ1) is 12.6. The fourth-order valence-corrected chi connectivity index (χ4v) is 5.06. The summed E-state index contributed by atoms with van der Waals surface area (Å²) in [5.41, 5.74) is 0. The number of likely N-dealkylation sites (N-methyl/N-ethyl adjacent to an activating group) is 1. The molecule has 5 fully saturated rings. The molecule has 2 unspecified atom stereocenters. The van der Waals surface area contributed by atoms with E-state index in [0.29, 0.717) is 24.9 Å². The van der Waals surface area contributed by atoms with Crippen molar-refractivity contribution in [1.82, 2.24) is 19.6 Å². The van der Waals surface area contributed by atoms with Gasteiger partial charge in [0.25, 0.3) is 0 Å². The predicted molar refractivity (Wildman–Crippen MR) is 97.7 cm³/mol. The second-order valence-corrected chi connectivity index (χ2v) is 8.35. The maximum Gasteiger partial charge on any atom is 0.228 e. The molecule has 5 aliphatic rings. The molecule has 0 aromatic heterocycles. The highest BCUT2D eigenvalue weighted by Crippen LogP contribution is 2.32. The Labute approximate surface area is 156 Å². The Bertz CT molecular complexity index is 529. The van der Waals surface area contributed by atoms with Crippen LogP contribution < -0.4 is 0 Å². The molecule has 0 saturated carbocycles. The van der Waals surface area contributed by atoms with Gasteiger partial charge in [0.15, 0.2) is 0 Å². The van der Waals surface area contributed by atoms with Gasteiger partial charge in [0.05, 0.1) is 19.1 Å². The summed E-state index contributed by atoms with van der Waals surface area (Å²) in [6.07, 6.45) is 2.79. The lowest BCUT2D eigenvalue weighted by molar-refractivity contribution is -0.140. The summed E-state index contributed by atoms with van der Waals surface area (Å²) < 4.78 is 5.37. The summed E-state index contributed by atoms with van der Waals surface area (Å²) in [6.45, 7) is 9.00. The van der Waals surface area contributed by atoms with Gasteiger partial charge in [0.2, 0.25) is 11.8 Å². The Kier molecular flexibility index (Phi) is 5.47. The average molecular weight is 364 g/mol. The number of fused-ring (bicyclic) bond motifs is 3. The first-order valence-electron chi connectivity index (χ1n) is 10.2. The van der Waals surface area contributed by atoms with E-state index >= 15 is 0 Å². The molecule has 26 heavy (non-hydrogen) atoms. The molecule has 0 aromatic rings. The Morgan fingerprint density at radius 2 is 1.85 bits per heavy atom. The van der Waals surface area contributed by atoms with Gasteiger partial charge in [-0.3, -0.25) is 14.5 Å². The number of nitrogens with zero attached hydrogens (tertiary/aromatic N) is 4. The number of amides is 2. The largest absolute Gasteiger partial charge is 0.379 e. The number of morpholine rings is 1. The van der Waals surface area contributed by atoms with Crippen molar-refractivity contribution >= 4 is 11.8 Å². The molecule has 0 aromatic carbocycles. The molecule has 7 heteroatoms. The van der Waals surface area contributed by atoms with Crippen molar-refractivity contribution in [2.45, 2.75) is 25.3 Å². The molecule has 2 amide bonds. The molecule has 5 rings (SSSR count). The first-order valence-corrected chi connectivity index (χ1v) is 10.2. The van der Waals surface area contributed by atoms with Crippen LogP contribution in [0.2, 0.25) is 0 Å². The van der Waals surface area contributed by atoms with Crippen molar-refractivity contribution in [1.29, 1.82) is 0 Å². The van der Waals surface area contributed by atoms with Gasteiger partial charge in [-0.05, 0) is 31.8 Å². The summed E-state index contributed by atoms with van der Waals surface area (Å²) in [6, 6.07) is 0.336. The Morgan fingerprint density at radius 1 is 1.12 bits per heavy atom. The summed E-state index contributed by atoms with van der Waals surface area (Å²) in [4.78, 5) is 34.1. The van der Waals surface area contributed by atoms with Crippen LogP contribution in [0, 0.1) is 11.8 Å². The highest BCUT2D eigenvalue weighted by Gasteiger charge is 2.42. The molecule has 2 atom stereocenters. The Morgan fingerprint density at radius 3 is 2.50 bits per heavy atom. The van der Waals surface area contributed by atoms with Crippen molar-refractivity contribution in [3.8, 4) is 0 Å². The van der Waals surface area contributed by atoms with Crippen LogP contribution in [-0.2, 0) is 14.3 Å². The molecule has 0 N–H and O–H groups in total. The molecule has 5 heterocycles. The van der Waals surface area contributed by atoms with Crippen molar-refractivity contribution in [2.24, 2.45) is 11.8 Å². The first kappa shape index (κ1) is 18.2. The zero-order chi connectivity index (χ0) is 18.1. The topological polar surface area (TPSA) is 56.3 Å². The van der Waals surface area contributed by atoms with Crippen molar-refractivity contribution < 1.29 is 14.3 Å². The minimum atomic E-state index is -0.160. The van der Waals surface area contributed by atoms with E-state index < -0.39 is 0 Å². The van der Waals surface area contributed by atoms with E-state index in [9.17, 15) is 9.59 Å². The molecule has 7 nitrogen and oxygen atoms in total. The van der Waals surface area contributed by atoms with E-state index in [-0.39, 0.29) is 17.7 Å². The highest BCUT2D eigenvalue weighted by atomic mass is 16.5. The van der Waals surface area contributed by atoms with Gasteiger partial charge in [-0.25, -0.2) is 0 Å². The van der Waals surface area contributed by atoms with Crippen LogP contribution in [0.25, 0.3) is 0 Å². The van der Waals surface area contributed by atoms with Crippen LogP contribution in [0.15, 0.2) is 0 Å². The number of carbonyl (C=O) groups excluding carboxylic acids is 2. The smallest absolute Gasteiger partial charge is 0.228 e. The van der Waals surface area contributed by atoms with Crippen LogP contribution in [-0.4, -0.2) is 110 Å². The zero-order valence-electron chi connectivity index (χ0n) is 15.9. The minimum Gasteiger partial charge on any atom is -0.379 e. The van der Waals surface area contributed by atoms with Crippen LogP contribution in [0.5, 0.6) is 0 Å². The van der Waals surface area contributed by atoms with Gasteiger partial charge in [-0.2, -0.15) is 0 Å². The monoisotopic (exact) mass is 364 g/mol. The number of hydrogen-bond acceptors (Lipinski definition) is 5. The fourth-order valence-electron chi connectivity index (χ4n) is 5.06. The number of piperidine rings is 3. The second kappa shape index (κ2) is 7.82. The summed E-state index contributed by atoms with van der Waals surface area (Å²) in [7, 11) is 1.95. The molecule has 5 saturated heterocycles. The van der Waals surface area contributed by atoms with Gasteiger partial charge < -0.3 is 19.4 Å². The van der Waals surface area contributed by atoms with E-state index in [0.717, 1.165) is 45.9 Å². The van der Waals surface area contributed by atoms with Crippen molar-refractivity contribution in [3.63, 3.8) is 0 Å². The third kappa shape index (κ3) is 3.75. The SMILES string of the molecule is CN(C(=O)C1CC(=O)N(CCN2CCOCC2)C1)C1CN2CCC1CC2. The predicted octanol–water partition coefficient (Wildman–Crippen LogP) is -0.280. The van der Waals surface area contributed by atoms with Gasteiger partial charge in [-0.15, -0.1) is 0 Å². The molecule has 0 aliphatic carbocycles. The molecule has 146 valence electrons. The van der Waals surface area contributed by atoms with Crippen LogP contribution in [0.4, 0.5) is 0 Å². The van der Waals surface area contributed by atoms with Crippen LogP contribution in [0.3, 0.4) is 0 Å². The summed E-state index contributed by atoms with van der Waals surface area (Å²) in [5, 5.41) is 0. The number of hydrogen-bond donors (Lipinski definition) is 0. The number of rotatable bonds is 5. The maximum atomic E-state index is 13.0. The third-order valence-corrected chi connectivity index (χ3v) is 6.82. The van der Waals surface area contributed by atoms with Gasteiger partial charge in [0, 0.05) is 58.8 Å². The number of carbonyl (C=O) groups is 2. The summed E-state index contributed by atoms with van der Waals surface area (Å²) >= 11 is 0. The van der Waals surface area contributed by atoms with E-state index in [2.05, 4.69) is 9.80 Å². The number of ether oxygens (including phenoxy) is 1. The lowest BCUT2D eigenvalue weighted by Gasteiger charge is -2.48. The zero-order valence-corrected chi connectivity index (χ0v) is 15.9. The lowest BCUT2D eigenvalue weighted by atomic mass is 9.83. The molecular weight excluding hydrogens is 332 g/mol. The highest BCUT2D eigenvalue weighted by molar-refractivity contribution is 5.89. The third-order valence-electron chi connectivity index (χ3n) is 6.82. The van der Waals surface area contributed by atoms with Gasteiger partial charge in [-0.1, -0.05) is 0 Å². The van der Waals surface area contributed by atoms with Crippen molar-refractivity contribution in [2.75, 3.05) is 72.6 Å². The van der Waals surface area contributed by atoms with Crippen LogP contribution in [0.1, 0.15) is 19.3 Å². The maximum absolute atomic E-state index is 13.0. The van der Waals surface area contributed by atoms with E-state index in [1.807, 2.05) is 16.8 Å². The summed E-state index contributed by atoms with van der Waals surface area (Å²) in [5.74, 6) is 0.793.